The summed E-state index contributed by atoms with van der Waals surface area (Å²) in [6.07, 6.45) is 0.806. The predicted octanol–water partition coefficient (Wildman–Crippen LogP) is 1.65. The van der Waals surface area contributed by atoms with Gasteiger partial charge in [0.1, 0.15) is 5.75 Å². The molecule has 3 nitrogen and oxygen atoms in total. The van der Waals surface area contributed by atoms with Crippen LogP contribution in [-0.2, 0) is 0 Å². The molecule has 0 aliphatic rings. The van der Waals surface area contributed by atoms with Gasteiger partial charge in [-0.1, -0.05) is 12.1 Å². The summed E-state index contributed by atoms with van der Waals surface area (Å²) in [6.45, 7) is 4.90. The minimum atomic E-state index is 0.116. The first kappa shape index (κ1) is 13.0. The number of aliphatic hydroxyl groups excluding tert-OH is 1. The molecule has 16 heavy (non-hydrogen) atoms. The summed E-state index contributed by atoms with van der Waals surface area (Å²) in [5.74, 6) is 0.938. The fraction of sp³-hybridized carbons (Fsp3) is 0.538. The van der Waals surface area contributed by atoms with Gasteiger partial charge in [0, 0.05) is 6.04 Å². The lowest BCUT2D eigenvalue weighted by Crippen LogP contribution is -2.30. The van der Waals surface area contributed by atoms with Gasteiger partial charge in [0.2, 0.25) is 0 Å². The van der Waals surface area contributed by atoms with Crippen LogP contribution in [0.2, 0.25) is 0 Å². The second-order valence-corrected chi connectivity index (χ2v) is 4.00. The van der Waals surface area contributed by atoms with Gasteiger partial charge in [0.15, 0.2) is 0 Å². The number of aliphatic hydroxyl groups is 1. The van der Waals surface area contributed by atoms with Crippen LogP contribution in [0.4, 0.5) is 0 Å². The summed E-state index contributed by atoms with van der Waals surface area (Å²) in [5.41, 5.74) is 2.43. The molecule has 0 aliphatic heterocycles. The molecule has 3 heteroatoms. The lowest BCUT2D eigenvalue weighted by atomic mass is 10.1. The van der Waals surface area contributed by atoms with E-state index >= 15 is 0 Å². The predicted molar refractivity (Wildman–Crippen MR) is 66.0 cm³/mol. The van der Waals surface area contributed by atoms with Gasteiger partial charge in [-0.3, -0.25) is 0 Å². The molecule has 1 rings (SSSR count). The Morgan fingerprint density at radius 2 is 2.12 bits per heavy atom. The molecule has 1 aromatic rings. The van der Waals surface area contributed by atoms with Crippen molar-refractivity contribution < 1.29 is 9.84 Å². The maximum atomic E-state index is 9.00. The monoisotopic (exact) mass is 223 g/mol. The molecular weight excluding hydrogens is 202 g/mol. The maximum Gasteiger partial charge on any atom is 0.122 e. The third kappa shape index (κ3) is 3.51. The normalized spacial score (nSPS) is 12.5. The van der Waals surface area contributed by atoms with E-state index < -0.39 is 0 Å². The smallest absolute Gasteiger partial charge is 0.122 e. The van der Waals surface area contributed by atoms with Crippen molar-refractivity contribution in [2.75, 3.05) is 20.3 Å². The quantitative estimate of drug-likeness (QED) is 0.770. The Kier molecular flexibility index (Phi) is 5.29. The highest BCUT2D eigenvalue weighted by molar-refractivity contribution is 5.38. The van der Waals surface area contributed by atoms with E-state index in [9.17, 15) is 0 Å². The molecule has 0 aromatic heterocycles. The second kappa shape index (κ2) is 6.51. The zero-order valence-corrected chi connectivity index (χ0v) is 10.3. The van der Waals surface area contributed by atoms with Crippen LogP contribution in [0.3, 0.4) is 0 Å². The van der Waals surface area contributed by atoms with E-state index in [1.165, 1.54) is 11.1 Å². The van der Waals surface area contributed by atoms with Crippen LogP contribution in [-0.4, -0.2) is 31.4 Å². The SMILES string of the molecule is CNC(CO)CCOc1cccc(C)c1C. The van der Waals surface area contributed by atoms with E-state index in [0.29, 0.717) is 6.61 Å². The highest BCUT2D eigenvalue weighted by atomic mass is 16.5. The molecule has 0 saturated heterocycles. The average molecular weight is 223 g/mol. The van der Waals surface area contributed by atoms with Gasteiger partial charge in [-0.05, 0) is 44.5 Å². The summed E-state index contributed by atoms with van der Waals surface area (Å²) in [5, 5.41) is 12.0. The number of hydrogen-bond acceptors (Lipinski definition) is 3. The first-order valence-corrected chi connectivity index (χ1v) is 5.66. The first-order chi connectivity index (χ1) is 7.69. The minimum absolute atomic E-state index is 0.116. The van der Waals surface area contributed by atoms with Crippen LogP contribution in [0.5, 0.6) is 5.75 Å². The van der Waals surface area contributed by atoms with Crippen molar-refractivity contribution in [2.24, 2.45) is 0 Å². The summed E-state index contributed by atoms with van der Waals surface area (Å²) in [6, 6.07) is 6.17. The highest BCUT2D eigenvalue weighted by Gasteiger charge is 2.05. The Balaban J connectivity index is 2.46. The molecule has 0 heterocycles. The van der Waals surface area contributed by atoms with Crippen molar-refractivity contribution in [3.8, 4) is 5.75 Å². The van der Waals surface area contributed by atoms with Crippen LogP contribution in [0.15, 0.2) is 18.2 Å². The Morgan fingerprint density at radius 3 is 2.75 bits per heavy atom. The molecular formula is C13H21NO2. The molecule has 90 valence electrons. The van der Waals surface area contributed by atoms with E-state index in [-0.39, 0.29) is 12.6 Å². The Bertz CT molecular complexity index is 322. The number of nitrogens with one attached hydrogen (secondary N) is 1. The molecule has 0 aliphatic carbocycles. The molecule has 1 aromatic carbocycles. The molecule has 1 atom stereocenters. The number of ether oxygens (including phenoxy) is 1. The van der Waals surface area contributed by atoms with E-state index in [4.69, 9.17) is 9.84 Å². The average Bonchev–Trinajstić information content (AvgIpc) is 2.30. The van der Waals surface area contributed by atoms with Gasteiger partial charge in [0.25, 0.3) is 0 Å². The molecule has 0 bridgehead atoms. The van der Waals surface area contributed by atoms with Gasteiger partial charge in [0.05, 0.1) is 13.2 Å². The number of rotatable bonds is 6. The van der Waals surface area contributed by atoms with Gasteiger partial charge < -0.3 is 15.2 Å². The van der Waals surface area contributed by atoms with E-state index in [1.54, 1.807) is 0 Å². The largest absolute Gasteiger partial charge is 0.493 e. The second-order valence-electron chi connectivity index (χ2n) is 4.00. The molecule has 1 unspecified atom stereocenters. The van der Waals surface area contributed by atoms with E-state index in [1.807, 2.05) is 19.2 Å². The molecule has 2 N–H and O–H groups in total. The number of hydrogen-bond donors (Lipinski definition) is 2. The Labute approximate surface area is 97.4 Å². The topological polar surface area (TPSA) is 41.5 Å². The van der Waals surface area contributed by atoms with Gasteiger partial charge >= 0.3 is 0 Å². The zero-order valence-electron chi connectivity index (χ0n) is 10.3. The van der Waals surface area contributed by atoms with Crippen molar-refractivity contribution >= 4 is 0 Å². The molecule has 0 saturated carbocycles. The third-order valence-corrected chi connectivity index (χ3v) is 2.91. The minimum Gasteiger partial charge on any atom is -0.493 e. The summed E-state index contributed by atoms with van der Waals surface area (Å²) in [4.78, 5) is 0. The highest BCUT2D eigenvalue weighted by Crippen LogP contribution is 2.20. The van der Waals surface area contributed by atoms with Crippen LogP contribution < -0.4 is 10.1 Å². The standard InChI is InChI=1S/C13H21NO2/c1-10-5-4-6-13(11(10)2)16-8-7-12(9-15)14-3/h4-6,12,14-15H,7-9H2,1-3H3. The van der Waals surface area contributed by atoms with Crippen LogP contribution >= 0.6 is 0 Å². The molecule has 0 radical (unpaired) electrons. The summed E-state index contributed by atoms with van der Waals surface area (Å²) >= 11 is 0. The zero-order chi connectivity index (χ0) is 12.0. The Hall–Kier alpha value is -1.06. The van der Waals surface area contributed by atoms with Crippen molar-refractivity contribution in [1.82, 2.24) is 5.32 Å². The summed E-state index contributed by atoms with van der Waals surface area (Å²) in [7, 11) is 1.85. The lowest BCUT2D eigenvalue weighted by Gasteiger charge is -2.15. The molecule has 0 amide bonds. The summed E-state index contributed by atoms with van der Waals surface area (Å²) < 4.78 is 5.70. The van der Waals surface area contributed by atoms with Crippen molar-refractivity contribution in [2.45, 2.75) is 26.3 Å². The van der Waals surface area contributed by atoms with Crippen LogP contribution in [0.25, 0.3) is 0 Å². The van der Waals surface area contributed by atoms with Gasteiger partial charge in [-0.15, -0.1) is 0 Å². The third-order valence-electron chi connectivity index (χ3n) is 2.91. The molecule has 0 fully saturated rings. The fourth-order valence-corrected chi connectivity index (χ4v) is 1.52. The fourth-order valence-electron chi connectivity index (χ4n) is 1.52. The number of benzene rings is 1. The Morgan fingerprint density at radius 1 is 1.38 bits per heavy atom. The lowest BCUT2D eigenvalue weighted by molar-refractivity contribution is 0.214. The number of likely N-dealkylation sites (N-methyl/N-ethyl adjacent to an activating group) is 1. The van der Waals surface area contributed by atoms with Crippen molar-refractivity contribution in [3.63, 3.8) is 0 Å². The maximum absolute atomic E-state index is 9.00. The van der Waals surface area contributed by atoms with E-state index in [0.717, 1.165) is 12.2 Å². The van der Waals surface area contributed by atoms with E-state index in [2.05, 4.69) is 25.2 Å². The molecule has 0 spiro atoms. The first-order valence-electron chi connectivity index (χ1n) is 5.66. The van der Waals surface area contributed by atoms with Gasteiger partial charge in [-0.2, -0.15) is 0 Å². The van der Waals surface area contributed by atoms with Gasteiger partial charge in [-0.25, -0.2) is 0 Å². The number of aryl methyl sites for hydroxylation is 1. The van der Waals surface area contributed by atoms with Crippen molar-refractivity contribution in [1.29, 1.82) is 0 Å². The van der Waals surface area contributed by atoms with Crippen molar-refractivity contribution in [3.05, 3.63) is 29.3 Å². The van der Waals surface area contributed by atoms with Crippen LogP contribution in [0.1, 0.15) is 17.5 Å². The van der Waals surface area contributed by atoms with Crippen LogP contribution in [0, 0.1) is 13.8 Å².